The lowest BCUT2D eigenvalue weighted by molar-refractivity contribution is 0.0993. The van der Waals surface area contributed by atoms with Gasteiger partial charge < -0.3 is 10.6 Å². The standard InChI is InChI=1S/C16H17BrN2O/c1-10-4-5-12(8-11(10)2)16(20)19(3)15-7-6-13(17)9-14(15)18/h4-9H,18H2,1-3H3. The van der Waals surface area contributed by atoms with E-state index < -0.39 is 0 Å². The molecular formula is C16H17BrN2O. The van der Waals surface area contributed by atoms with Crippen molar-refractivity contribution in [2.24, 2.45) is 0 Å². The number of hydrogen-bond donors (Lipinski definition) is 1. The van der Waals surface area contributed by atoms with Crippen molar-refractivity contribution < 1.29 is 4.79 Å². The fraction of sp³-hybridized carbons (Fsp3) is 0.188. The number of carbonyl (C=O) groups is 1. The summed E-state index contributed by atoms with van der Waals surface area (Å²) in [5.41, 5.74) is 10.2. The number of carbonyl (C=O) groups excluding carboxylic acids is 1. The zero-order chi connectivity index (χ0) is 14.9. The van der Waals surface area contributed by atoms with Gasteiger partial charge in [0.25, 0.3) is 5.91 Å². The molecule has 0 fully saturated rings. The van der Waals surface area contributed by atoms with Crippen molar-refractivity contribution in [3.05, 3.63) is 57.6 Å². The Kier molecular flexibility index (Phi) is 4.14. The lowest BCUT2D eigenvalue weighted by Gasteiger charge is -2.20. The van der Waals surface area contributed by atoms with Crippen LogP contribution in [0.3, 0.4) is 0 Å². The Balaban J connectivity index is 2.34. The number of hydrogen-bond acceptors (Lipinski definition) is 2. The van der Waals surface area contributed by atoms with Gasteiger partial charge in [0, 0.05) is 17.1 Å². The molecule has 4 heteroatoms. The third-order valence-corrected chi connectivity index (χ3v) is 3.90. The maximum Gasteiger partial charge on any atom is 0.258 e. The van der Waals surface area contributed by atoms with Crippen LogP contribution in [-0.4, -0.2) is 13.0 Å². The second kappa shape index (κ2) is 5.67. The summed E-state index contributed by atoms with van der Waals surface area (Å²) >= 11 is 3.36. The Morgan fingerprint density at radius 2 is 1.80 bits per heavy atom. The lowest BCUT2D eigenvalue weighted by atomic mass is 10.1. The number of aryl methyl sites for hydroxylation is 2. The van der Waals surface area contributed by atoms with Crippen molar-refractivity contribution in [1.82, 2.24) is 0 Å². The molecule has 1 amide bonds. The Labute approximate surface area is 127 Å². The van der Waals surface area contributed by atoms with Crippen LogP contribution in [0.5, 0.6) is 0 Å². The number of halogens is 1. The minimum absolute atomic E-state index is 0.0675. The maximum absolute atomic E-state index is 12.5. The summed E-state index contributed by atoms with van der Waals surface area (Å²) in [5.74, 6) is -0.0675. The molecule has 0 heterocycles. The topological polar surface area (TPSA) is 46.3 Å². The molecule has 0 aromatic heterocycles. The predicted octanol–water partition coefficient (Wildman–Crippen LogP) is 3.92. The van der Waals surface area contributed by atoms with Crippen molar-refractivity contribution in [1.29, 1.82) is 0 Å². The van der Waals surface area contributed by atoms with Gasteiger partial charge in [0.15, 0.2) is 0 Å². The molecule has 0 aliphatic heterocycles. The minimum Gasteiger partial charge on any atom is -0.397 e. The Hall–Kier alpha value is -1.81. The summed E-state index contributed by atoms with van der Waals surface area (Å²) in [6, 6.07) is 11.2. The summed E-state index contributed by atoms with van der Waals surface area (Å²) in [6.45, 7) is 4.03. The second-order valence-corrected chi connectivity index (χ2v) is 5.78. The summed E-state index contributed by atoms with van der Waals surface area (Å²) in [5, 5.41) is 0. The van der Waals surface area contributed by atoms with Crippen LogP contribution in [0.25, 0.3) is 0 Å². The van der Waals surface area contributed by atoms with E-state index in [1.54, 1.807) is 18.0 Å². The first-order chi connectivity index (χ1) is 9.40. The largest absolute Gasteiger partial charge is 0.397 e. The van der Waals surface area contributed by atoms with E-state index in [1.165, 1.54) is 5.56 Å². The Morgan fingerprint density at radius 3 is 2.40 bits per heavy atom. The van der Waals surface area contributed by atoms with Crippen LogP contribution in [0.15, 0.2) is 40.9 Å². The highest BCUT2D eigenvalue weighted by atomic mass is 79.9. The summed E-state index contributed by atoms with van der Waals surface area (Å²) in [4.78, 5) is 14.1. The average Bonchev–Trinajstić information content (AvgIpc) is 2.40. The zero-order valence-electron chi connectivity index (χ0n) is 11.8. The van der Waals surface area contributed by atoms with E-state index in [2.05, 4.69) is 15.9 Å². The first-order valence-corrected chi connectivity index (χ1v) is 7.10. The van der Waals surface area contributed by atoms with Gasteiger partial charge in [0.2, 0.25) is 0 Å². The molecule has 0 saturated carbocycles. The van der Waals surface area contributed by atoms with Crippen molar-refractivity contribution in [3.8, 4) is 0 Å². The molecule has 2 N–H and O–H groups in total. The van der Waals surface area contributed by atoms with E-state index in [9.17, 15) is 4.79 Å². The highest BCUT2D eigenvalue weighted by molar-refractivity contribution is 9.10. The molecule has 0 atom stereocenters. The number of anilines is 2. The molecule has 2 rings (SSSR count). The SMILES string of the molecule is Cc1ccc(C(=O)N(C)c2ccc(Br)cc2N)cc1C. The molecule has 104 valence electrons. The van der Waals surface area contributed by atoms with Crippen LogP contribution < -0.4 is 10.6 Å². The molecule has 0 saturated heterocycles. The maximum atomic E-state index is 12.5. The van der Waals surface area contributed by atoms with E-state index in [0.29, 0.717) is 16.9 Å². The van der Waals surface area contributed by atoms with E-state index in [-0.39, 0.29) is 5.91 Å². The second-order valence-electron chi connectivity index (χ2n) is 4.87. The van der Waals surface area contributed by atoms with Gasteiger partial charge in [-0.25, -0.2) is 0 Å². The van der Waals surface area contributed by atoms with Crippen molar-refractivity contribution in [3.63, 3.8) is 0 Å². The van der Waals surface area contributed by atoms with Gasteiger partial charge in [-0.05, 0) is 55.3 Å². The van der Waals surface area contributed by atoms with Gasteiger partial charge in [0.05, 0.1) is 11.4 Å². The van der Waals surface area contributed by atoms with Gasteiger partial charge in [-0.15, -0.1) is 0 Å². The average molecular weight is 333 g/mol. The van der Waals surface area contributed by atoms with Gasteiger partial charge in [-0.3, -0.25) is 4.79 Å². The first-order valence-electron chi connectivity index (χ1n) is 6.30. The van der Waals surface area contributed by atoms with E-state index in [4.69, 9.17) is 5.73 Å². The molecule has 2 aromatic carbocycles. The number of benzene rings is 2. The molecule has 0 radical (unpaired) electrons. The fourth-order valence-electron chi connectivity index (χ4n) is 2.01. The normalized spacial score (nSPS) is 10.4. The molecule has 2 aromatic rings. The lowest BCUT2D eigenvalue weighted by Crippen LogP contribution is -2.27. The predicted molar refractivity (Wildman–Crippen MR) is 87.2 cm³/mol. The minimum atomic E-state index is -0.0675. The smallest absolute Gasteiger partial charge is 0.258 e. The highest BCUT2D eigenvalue weighted by Gasteiger charge is 2.16. The monoisotopic (exact) mass is 332 g/mol. The number of nitrogens with two attached hydrogens (primary N) is 1. The van der Waals surface area contributed by atoms with E-state index >= 15 is 0 Å². The van der Waals surface area contributed by atoms with Crippen molar-refractivity contribution >= 4 is 33.2 Å². The number of nitrogen functional groups attached to an aromatic ring is 1. The Bertz CT molecular complexity index is 668. The third kappa shape index (κ3) is 2.85. The van der Waals surface area contributed by atoms with Crippen LogP contribution in [-0.2, 0) is 0 Å². The van der Waals surface area contributed by atoms with Crippen LogP contribution in [0.4, 0.5) is 11.4 Å². The quantitative estimate of drug-likeness (QED) is 0.847. The number of nitrogens with zero attached hydrogens (tertiary/aromatic N) is 1. The van der Waals surface area contributed by atoms with Gasteiger partial charge in [-0.2, -0.15) is 0 Å². The molecule has 0 aliphatic carbocycles. The molecule has 3 nitrogen and oxygen atoms in total. The zero-order valence-corrected chi connectivity index (χ0v) is 13.4. The van der Waals surface area contributed by atoms with Gasteiger partial charge >= 0.3 is 0 Å². The molecular weight excluding hydrogens is 316 g/mol. The molecule has 0 spiro atoms. The Morgan fingerprint density at radius 1 is 1.10 bits per heavy atom. The summed E-state index contributed by atoms with van der Waals surface area (Å²) in [6.07, 6.45) is 0. The molecule has 0 bridgehead atoms. The van der Waals surface area contributed by atoms with Gasteiger partial charge in [-0.1, -0.05) is 22.0 Å². The first kappa shape index (κ1) is 14.6. The number of amides is 1. The molecule has 0 unspecified atom stereocenters. The van der Waals surface area contributed by atoms with E-state index in [0.717, 1.165) is 10.0 Å². The van der Waals surface area contributed by atoms with Crippen molar-refractivity contribution in [2.45, 2.75) is 13.8 Å². The number of rotatable bonds is 2. The fourth-order valence-corrected chi connectivity index (χ4v) is 2.39. The van der Waals surface area contributed by atoms with Crippen LogP contribution in [0.2, 0.25) is 0 Å². The van der Waals surface area contributed by atoms with Crippen LogP contribution >= 0.6 is 15.9 Å². The highest BCUT2D eigenvalue weighted by Crippen LogP contribution is 2.27. The molecule has 0 aliphatic rings. The summed E-state index contributed by atoms with van der Waals surface area (Å²) < 4.78 is 0.894. The summed E-state index contributed by atoms with van der Waals surface area (Å²) in [7, 11) is 1.73. The van der Waals surface area contributed by atoms with E-state index in [1.807, 2.05) is 44.2 Å². The van der Waals surface area contributed by atoms with Crippen LogP contribution in [0, 0.1) is 13.8 Å². The van der Waals surface area contributed by atoms with Crippen molar-refractivity contribution in [2.75, 3.05) is 17.7 Å². The van der Waals surface area contributed by atoms with Gasteiger partial charge in [0.1, 0.15) is 0 Å². The van der Waals surface area contributed by atoms with Crippen LogP contribution in [0.1, 0.15) is 21.5 Å². The third-order valence-electron chi connectivity index (χ3n) is 3.41. The molecule has 20 heavy (non-hydrogen) atoms.